The molecule has 4 unspecified atom stereocenters. The number of phenols is 10. The van der Waals surface area contributed by atoms with Gasteiger partial charge in [-0.25, -0.2) is 0 Å². The number of benzene rings is 5. The van der Waals surface area contributed by atoms with Crippen molar-refractivity contribution in [1.82, 2.24) is 0 Å². The minimum Gasteiger partial charge on any atom is -0.508 e. The Hall–Kier alpha value is -5.90. The summed E-state index contributed by atoms with van der Waals surface area (Å²) in [4.78, 5) is 0. The smallest absolute Gasteiger partial charge is 0.122 e. The molecule has 5 rings (SSSR count). The standard InChI is InChI=1S/C36H34O10/c1-18(25-8-4-21(38)14-31(25)43)35(27-10-6-23(40)16-33(27)45)36(28-11-7-24(41)17-34(28)46)29(26-9-5-22(39)15-32(26)44)12-19-2-3-20(37)13-30(19)42/h2-11,13-18,29,35-46H,12H2,1H3. The highest BCUT2D eigenvalue weighted by Crippen LogP contribution is 2.57. The van der Waals surface area contributed by atoms with E-state index in [0.717, 1.165) is 24.3 Å². The number of rotatable bonds is 9. The van der Waals surface area contributed by atoms with Gasteiger partial charge < -0.3 is 51.1 Å². The van der Waals surface area contributed by atoms with E-state index in [1.807, 2.05) is 0 Å². The summed E-state index contributed by atoms with van der Waals surface area (Å²) < 4.78 is 0. The van der Waals surface area contributed by atoms with Gasteiger partial charge in [-0.15, -0.1) is 0 Å². The molecule has 46 heavy (non-hydrogen) atoms. The summed E-state index contributed by atoms with van der Waals surface area (Å²) in [5.41, 5.74) is 1.55. The Morgan fingerprint density at radius 3 is 1.15 bits per heavy atom. The van der Waals surface area contributed by atoms with Crippen LogP contribution < -0.4 is 0 Å². The van der Waals surface area contributed by atoms with E-state index in [4.69, 9.17) is 0 Å². The first-order valence-corrected chi connectivity index (χ1v) is 14.4. The van der Waals surface area contributed by atoms with Crippen LogP contribution in [-0.4, -0.2) is 51.1 Å². The van der Waals surface area contributed by atoms with Gasteiger partial charge in [0.05, 0.1) is 0 Å². The van der Waals surface area contributed by atoms with E-state index in [2.05, 4.69) is 0 Å². The third-order valence-electron chi connectivity index (χ3n) is 8.53. The lowest BCUT2D eigenvalue weighted by Crippen LogP contribution is -2.25. The summed E-state index contributed by atoms with van der Waals surface area (Å²) in [5.74, 6) is -5.85. The first-order chi connectivity index (χ1) is 21.8. The molecule has 0 heterocycles. The minimum atomic E-state index is -0.942. The molecule has 0 fully saturated rings. The second-order valence-electron chi connectivity index (χ2n) is 11.4. The van der Waals surface area contributed by atoms with E-state index < -0.39 is 23.7 Å². The second kappa shape index (κ2) is 12.6. The zero-order valence-electron chi connectivity index (χ0n) is 24.6. The maximum absolute atomic E-state index is 11.4. The third kappa shape index (κ3) is 6.32. The Bertz CT molecular complexity index is 1890. The van der Waals surface area contributed by atoms with Crippen LogP contribution in [0.15, 0.2) is 91.0 Å². The fraction of sp³-hybridized carbons (Fsp3) is 0.167. The Kier molecular flexibility index (Phi) is 8.64. The molecule has 5 aromatic rings. The first kappa shape index (κ1) is 31.5. The molecule has 0 radical (unpaired) electrons. The predicted octanol–water partition coefficient (Wildman–Crippen LogP) is 6.44. The summed E-state index contributed by atoms with van der Waals surface area (Å²) in [7, 11) is 0. The van der Waals surface area contributed by atoms with E-state index in [1.54, 1.807) is 6.92 Å². The lowest BCUT2D eigenvalue weighted by molar-refractivity contribution is 0.353. The molecule has 0 aromatic heterocycles. The van der Waals surface area contributed by atoms with Crippen molar-refractivity contribution in [3.05, 3.63) is 119 Å². The van der Waals surface area contributed by atoms with Crippen molar-refractivity contribution in [2.75, 3.05) is 0 Å². The minimum absolute atomic E-state index is 0.0148. The maximum Gasteiger partial charge on any atom is 0.122 e. The average molecular weight is 627 g/mol. The molecule has 5 aromatic carbocycles. The van der Waals surface area contributed by atoms with Crippen LogP contribution >= 0.6 is 0 Å². The number of aromatic hydroxyl groups is 10. The van der Waals surface area contributed by atoms with E-state index in [-0.39, 0.29) is 80.6 Å². The molecule has 4 atom stereocenters. The fourth-order valence-corrected chi connectivity index (χ4v) is 6.41. The second-order valence-corrected chi connectivity index (χ2v) is 11.4. The van der Waals surface area contributed by atoms with Crippen molar-refractivity contribution in [2.24, 2.45) is 0 Å². The molecular formula is C36H34O10. The van der Waals surface area contributed by atoms with Crippen LogP contribution in [0.4, 0.5) is 0 Å². The number of hydrogen-bond donors (Lipinski definition) is 10. The molecule has 0 spiro atoms. The van der Waals surface area contributed by atoms with Crippen LogP contribution in [0.1, 0.15) is 58.4 Å². The van der Waals surface area contributed by atoms with Crippen LogP contribution in [0.25, 0.3) is 0 Å². The Morgan fingerprint density at radius 1 is 0.391 bits per heavy atom. The van der Waals surface area contributed by atoms with E-state index in [0.29, 0.717) is 11.1 Å². The van der Waals surface area contributed by atoms with Crippen molar-refractivity contribution in [3.63, 3.8) is 0 Å². The van der Waals surface area contributed by atoms with Gasteiger partial charge in [0.25, 0.3) is 0 Å². The first-order valence-electron chi connectivity index (χ1n) is 14.4. The molecule has 0 saturated carbocycles. The molecule has 0 aliphatic carbocycles. The Balaban J connectivity index is 1.86. The molecular weight excluding hydrogens is 592 g/mol. The van der Waals surface area contributed by atoms with Gasteiger partial charge in [0, 0.05) is 42.2 Å². The molecule has 0 saturated heterocycles. The molecule has 0 aliphatic rings. The lowest BCUT2D eigenvalue weighted by atomic mass is 9.64. The quantitative estimate of drug-likeness (QED) is 0.0867. The topological polar surface area (TPSA) is 202 Å². The zero-order chi connectivity index (χ0) is 33.3. The van der Waals surface area contributed by atoms with Gasteiger partial charge >= 0.3 is 0 Å². The summed E-state index contributed by atoms with van der Waals surface area (Å²) in [5, 5.41) is 106. The van der Waals surface area contributed by atoms with Crippen LogP contribution in [0, 0.1) is 0 Å². The van der Waals surface area contributed by atoms with Crippen molar-refractivity contribution >= 4 is 0 Å². The largest absolute Gasteiger partial charge is 0.508 e. The lowest BCUT2D eigenvalue weighted by Gasteiger charge is -2.39. The Labute approximate surface area is 264 Å². The van der Waals surface area contributed by atoms with Crippen molar-refractivity contribution in [3.8, 4) is 57.5 Å². The van der Waals surface area contributed by atoms with Gasteiger partial charge in [-0.3, -0.25) is 0 Å². The molecule has 238 valence electrons. The van der Waals surface area contributed by atoms with Crippen LogP contribution in [0.3, 0.4) is 0 Å². The molecule has 10 heteroatoms. The molecule has 10 N–H and O–H groups in total. The molecule has 0 aliphatic heterocycles. The molecule has 10 nitrogen and oxygen atoms in total. The normalized spacial score (nSPS) is 13.9. The van der Waals surface area contributed by atoms with Crippen LogP contribution in [0.2, 0.25) is 0 Å². The molecule has 0 amide bonds. The summed E-state index contributed by atoms with van der Waals surface area (Å²) in [6.45, 7) is 1.76. The van der Waals surface area contributed by atoms with E-state index in [1.165, 1.54) is 66.7 Å². The zero-order valence-corrected chi connectivity index (χ0v) is 24.6. The van der Waals surface area contributed by atoms with Gasteiger partial charge in [0.15, 0.2) is 0 Å². The van der Waals surface area contributed by atoms with Crippen LogP contribution in [0.5, 0.6) is 57.5 Å². The number of phenolic OH excluding ortho intramolecular Hbond substituents is 10. The summed E-state index contributed by atoms with van der Waals surface area (Å²) in [6, 6.07) is 20.2. The van der Waals surface area contributed by atoms with Crippen molar-refractivity contribution < 1.29 is 51.1 Å². The number of hydrogen-bond acceptors (Lipinski definition) is 10. The highest BCUT2D eigenvalue weighted by molar-refractivity contribution is 5.54. The maximum atomic E-state index is 11.4. The summed E-state index contributed by atoms with van der Waals surface area (Å²) >= 11 is 0. The van der Waals surface area contributed by atoms with Crippen LogP contribution in [-0.2, 0) is 6.42 Å². The van der Waals surface area contributed by atoms with Gasteiger partial charge in [0.1, 0.15) is 57.5 Å². The van der Waals surface area contributed by atoms with Crippen molar-refractivity contribution in [1.29, 1.82) is 0 Å². The summed E-state index contributed by atoms with van der Waals surface area (Å²) in [6.07, 6.45) is -0.0148. The third-order valence-corrected chi connectivity index (χ3v) is 8.53. The van der Waals surface area contributed by atoms with E-state index in [9.17, 15) is 51.1 Å². The van der Waals surface area contributed by atoms with Gasteiger partial charge in [0.2, 0.25) is 0 Å². The predicted molar refractivity (Wildman–Crippen MR) is 169 cm³/mol. The van der Waals surface area contributed by atoms with E-state index >= 15 is 0 Å². The van der Waals surface area contributed by atoms with Gasteiger partial charge in [-0.05, 0) is 76.4 Å². The SMILES string of the molecule is CC(c1ccc(O)cc1O)C(c1ccc(O)cc1O)C(c1ccc(O)cc1O)C(Cc1ccc(O)cc1O)c1ccc(O)cc1O. The monoisotopic (exact) mass is 626 g/mol. The highest BCUT2D eigenvalue weighted by atomic mass is 16.3. The van der Waals surface area contributed by atoms with Gasteiger partial charge in [-0.1, -0.05) is 37.3 Å². The molecule has 0 bridgehead atoms. The highest BCUT2D eigenvalue weighted by Gasteiger charge is 2.41. The van der Waals surface area contributed by atoms with Crippen molar-refractivity contribution in [2.45, 2.75) is 37.0 Å². The Morgan fingerprint density at radius 2 is 0.739 bits per heavy atom. The fourth-order valence-electron chi connectivity index (χ4n) is 6.41. The average Bonchev–Trinajstić information content (AvgIpc) is 2.97. The van der Waals surface area contributed by atoms with Gasteiger partial charge in [-0.2, -0.15) is 0 Å².